The molecule has 1 fully saturated rings. The molecular weight excluding hydrogens is 556 g/mol. The molecule has 0 aromatic heterocycles. The van der Waals surface area contributed by atoms with Crippen LogP contribution in [-0.4, -0.2) is 55.4 Å². The van der Waals surface area contributed by atoms with Gasteiger partial charge in [-0.25, -0.2) is 9.59 Å². The second-order valence-electron chi connectivity index (χ2n) is 10.3. The Bertz CT molecular complexity index is 1270. The smallest absolute Gasteiger partial charge is 0.410 e. The molecule has 0 bridgehead atoms. The van der Waals surface area contributed by atoms with Crippen LogP contribution in [0.15, 0.2) is 48.5 Å². The van der Waals surface area contributed by atoms with Crippen LogP contribution in [0, 0.1) is 20.2 Å². The molecule has 0 saturated carbocycles. The van der Waals surface area contributed by atoms with E-state index in [0.29, 0.717) is 36.9 Å². The maximum atomic E-state index is 13.0. The van der Waals surface area contributed by atoms with E-state index in [9.17, 15) is 34.6 Å². The van der Waals surface area contributed by atoms with E-state index in [0.717, 1.165) is 0 Å². The van der Waals surface area contributed by atoms with E-state index in [2.05, 4.69) is 5.32 Å². The summed E-state index contributed by atoms with van der Waals surface area (Å²) in [6.07, 6.45) is 0.403. The van der Waals surface area contributed by atoms with Gasteiger partial charge in [0.25, 0.3) is 11.4 Å². The van der Waals surface area contributed by atoms with Crippen molar-refractivity contribution in [1.29, 1.82) is 0 Å². The summed E-state index contributed by atoms with van der Waals surface area (Å²) < 4.78 is 10.8. The van der Waals surface area contributed by atoms with Crippen molar-refractivity contribution >= 4 is 40.4 Å². The second kappa shape index (κ2) is 13.9. The lowest BCUT2D eigenvalue weighted by atomic mass is 9.95. The number of likely N-dealkylation sites (tertiary alicyclic amines) is 1. The number of nitro groups is 2. The molecule has 1 aliphatic heterocycles. The molecule has 1 N–H and O–H groups in total. The van der Waals surface area contributed by atoms with Gasteiger partial charge in [0, 0.05) is 54.6 Å². The first-order valence-corrected chi connectivity index (χ1v) is 13.7. The van der Waals surface area contributed by atoms with Gasteiger partial charge < -0.3 is 19.7 Å². The van der Waals surface area contributed by atoms with E-state index in [1.807, 2.05) is 13.8 Å². The van der Waals surface area contributed by atoms with Crippen molar-refractivity contribution < 1.29 is 33.7 Å². The summed E-state index contributed by atoms with van der Waals surface area (Å²) in [6, 6.07) is 11.2. The first-order chi connectivity index (χ1) is 19.3. The molecular formula is C27H32N4O9S. The molecule has 0 unspecified atom stereocenters. The van der Waals surface area contributed by atoms with Crippen molar-refractivity contribution in [3.05, 3.63) is 79.9 Å². The summed E-state index contributed by atoms with van der Waals surface area (Å²) in [5.74, 6) is 0. The zero-order chi connectivity index (χ0) is 30.2. The maximum Gasteiger partial charge on any atom is 0.410 e. The number of rotatable bonds is 11. The largest absolute Gasteiger partial charge is 0.445 e. The molecule has 3 rings (SSSR count). The Morgan fingerprint density at radius 1 is 0.951 bits per heavy atom. The minimum absolute atomic E-state index is 0.0485. The normalized spacial score (nSPS) is 16.6. The highest BCUT2D eigenvalue weighted by molar-refractivity contribution is 8.14. The van der Waals surface area contributed by atoms with Gasteiger partial charge in [0.15, 0.2) is 5.12 Å². The van der Waals surface area contributed by atoms with Crippen LogP contribution < -0.4 is 5.32 Å². The zero-order valence-electron chi connectivity index (χ0n) is 22.9. The fourth-order valence-electron chi connectivity index (χ4n) is 4.40. The molecule has 0 radical (unpaired) electrons. The number of amides is 2. The van der Waals surface area contributed by atoms with Gasteiger partial charge in [0.2, 0.25) is 0 Å². The zero-order valence-corrected chi connectivity index (χ0v) is 23.8. The summed E-state index contributed by atoms with van der Waals surface area (Å²) >= 11 is 1.18. The van der Waals surface area contributed by atoms with Crippen molar-refractivity contribution in [3.8, 4) is 0 Å². The lowest BCUT2D eigenvalue weighted by molar-refractivity contribution is -0.385. The quantitative estimate of drug-likeness (QED) is 0.266. The third kappa shape index (κ3) is 9.74. The van der Waals surface area contributed by atoms with Gasteiger partial charge in [-0.15, -0.1) is 0 Å². The Balaban J connectivity index is 1.53. The highest BCUT2D eigenvalue weighted by Gasteiger charge is 2.38. The predicted molar refractivity (Wildman–Crippen MR) is 150 cm³/mol. The highest BCUT2D eigenvalue weighted by atomic mass is 32.2. The number of alkyl carbamates (subject to hydrolysis) is 1. The number of benzene rings is 2. The Hall–Kier alpha value is -4.20. The molecule has 2 aromatic carbocycles. The van der Waals surface area contributed by atoms with Crippen LogP contribution in [0.4, 0.5) is 21.0 Å². The number of nitrogens with one attached hydrogen (secondary N) is 1. The lowest BCUT2D eigenvalue weighted by Crippen LogP contribution is -2.45. The van der Waals surface area contributed by atoms with E-state index >= 15 is 0 Å². The third-order valence-electron chi connectivity index (χ3n) is 6.51. The van der Waals surface area contributed by atoms with Gasteiger partial charge in [0.05, 0.1) is 9.85 Å². The van der Waals surface area contributed by atoms with Crippen molar-refractivity contribution in [1.82, 2.24) is 10.2 Å². The van der Waals surface area contributed by atoms with Crippen LogP contribution >= 0.6 is 11.8 Å². The Kier molecular flexibility index (Phi) is 10.6. The number of thioether (sulfide) groups is 1. The minimum Gasteiger partial charge on any atom is -0.445 e. The van der Waals surface area contributed by atoms with E-state index in [1.54, 1.807) is 4.90 Å². The molecule has 0 aliphatic carbocycles. The summed E-state index contributed by atoms with van der Waals surface area (Å²) in [5.41, 5.74) is 0.403. The summed E-state index contributed by atoms with van der Waals surface area (Å²) in [6.45, 7) is 5.35. The van der Waals surface area contributed by atoms with Crippen LogP contribution in [0.3, 0.4) is 0 Å². The van der Waals surface area contributed by atoms with Gasteiger partial charge >= 0.3 is 12.2 Å². The van der Waals surface area contributed by atoms with Crippen LogP contribution in [0.5, 0.6) is 0 Å². The maximum absolute atomic E-state index is 13.0. The molecule has 2 aromatic rings. The number of hydrogen-bond acceptors (Lipinski definition) is 10. The standard InChI is InChI=1S/C27H32N4O9S/c1-18(32)41-24-14-23(29(15-24)26(34)40-17-20-6-10-22(11-7-20)31(37)38)12-13-27(2,3)28-25(33)39-16-19-4-8-21(9-5-19)30(35)36/h4-11,23-24H,12-17H2,1-3H3,(H,28,33)/t23-,24+/m1/s1. The SMILES string of the molecule is CC(=O)S[C@H]1C[C@@H](CCC(C)(C)NC(=O)OCc2ccc([N+](=O)[O-])cc2)N(C(=O)OCc2ccc([N+](=O)[O-])cc2)C1. The number of hydrogen-bond donors (Lipinski definition) is 1. The number of non-ortho nitro benzene ring substituents is 2. The van der Waals surface area contributed by atoms with Crippen LogP contribution in [0.2, 0.25) is 0 Å². The highest BCUT2D eigenvalue weighted by Crippen LogP contribution is 2.32. The monoisotopic (exact) mass is 588 g/mol. The van der Waals surface area contributed by atoms with Crippen molar-refractivity contribution in [2.45, 2.75) is 70.1 Å². The molecule has 220 valence electrons. The summed E-state index contributed by atoms with van der Waals surface area (Å²) in [7, 11) is 0. The third-order valence-corrected chi connectivity index (χ3v) is 7.52. The molecule has 2 atom stereocenters. The van der Waals surface area contributed by atoms with Gasteiger partial charge in [0.1, 0.15) is 13.2 Å². The first-order valence-electron chi connectivity index (χ1n) is 12.8. The molecule has 0 spiro atoms. The number of carbonyl (C=O) groups is 3. The lowest BCUT2D eigenvalue weighted by Gasteiger charge is -2.30. The van der Waals surface area contributed by atoms with Crippen molar-refractivity contribution in [3.63, 3.8) is 0 Å². The van der Waals surface area contributed by atoms with Crippen molar-refractivity contribution in [2.24, 2.45) is 0 Å². The molecule has 1 heterocycles. The second-order valence-corrected chi connectivity index (χ2v) is 11.8. The Labute approximate surface area is 240 Å². The Morgan fingerprint density at radius 2 is 1.46 bits per heavy atom. The number of nitrogens with zero attached hydrogens (tertiary/aromatic N) is 3. The van der Waals surface area contributed by atoms with Crippen LogP contribution in [0.25, 0.3) is 0 Å². The average Bonchev–Trinajstić information content (AvgIpc) is 3.31. The van der Waals surface area contributed by atoms with Gasteiger partial charge in [-0.3, -0.25) is 25.0 Å². The fraction of sp³-hybridized carbons (Fsp3) is 0.444. The minimum atomic E-state index is -0.688. The van der Waals surface area contributed by atoms with Crippen LogP contribution in [-0.2, 0) is 27.5 Å². The number of carbonyl (C=O) groups excluding carboxylic acids is 3. The molecule has 13 nitrogen and oxygen atoms in total. The molecule has 14 heteroatoms. The number of nitro benzene ring substituents is 2. The fourth-order valence-corrected chi connectivity index (χ4v) is 5.42. The summed E-state index contributed by atoms with van der Waals surface area (Å²) in [5, 5.41) is 24.3. The summed E-state index contributed by atoms with van der Waals surface area (Å²) in [4.78, 5) is 59.3. The topological polar surface area (TPSA) is 171 Å². The van der Waals surface area contributed by atoms with Gasteiger partial charge in [-0.05, 0) is 68.5 Å². The average molecular weight is 589 g/mol. The molecule has 41 heavy (non-hydrogen) atoms. The number of ether oxygens (including phenoxy) is 2. The van der Waals surface area contributed by atoms with E-state index in [-0.39, 0.29) is 41.0 Å². The van der Waals surface area contributed by atoms with Gasteiger partial charge in [-0.1, -0.05) is 11.8 Å². The van der Waals surface area contributed by atoms with E-state index < -0.39 is 27.6 Å². The first kappa shape index (κ1) is 31.3. The predicted octanol–water partition coefficient (Wildman–Crippen LogP) is 5.35. The molecule has 1 aliphatic rings. The Morgan fingerprint density at radius 3 is 1.95 bits per heavy atom. The molecule has 1 saturated heterocycles. The van der Waals surface area contributed by atoms with E-state index in [4.69, 9.17) is 9.47 Å². The van der Waals surface area contributed by atoms with Crippen LogP contribution in [0.1, 0.15) is 51.2 Å². The van der Waals surface area contributed by atoms with Gasteiger partial charge in [-0.2, -0.15) is 0 Å². The van der Waals surface area contributed by atoms with E-state index in [1.165, 1.54) is 67.2 Å². The molecule has 2 amide bonds. The van der Waals surface area contributed by atoms with Crippen molar-refractivity contribution in [2.75, 3.05) is 6.54 Å².